The molecule has 1 saturated heterocycles. The van der Waals surface area contributed by atoms with Crippen LogP contribution >= 0.6 is 11.8 Å². The Bertz CT molecular complexity index is 227. The Labute approximate surface area is 102 Å². The fraction of sp³-hybridized carbons (Fsp3) is 0.909. The first-order valence-corrected chi connectivity index (χ1v) is 6.81. The first-order valence-electron chi connectivity index (χ1n) is 5.87. The molecule has 3 N–H and O–H groups in total. The summed E-state index contributed by atoms with van der Waals surface area (Å²) in [5.41, 5.74) is 5.77. The number of amides is 1. The number of nitrogens with zero attached hydrogens (tertiary/aromatic N) is 1. The molecule has 0 bridgehead atoms. The number of hydrogen-bond donors (Lipinski definition) is 2. The number of thioether (sulfide) groups is 1. The van der Waals surface area contributed by atoms with Crippen LogP contribution in [0.3, 0.4) is 0 Å². The SMILES string of the molecule is CNC(=O)CC(CN)N1CC(C)SC(C)C1. The van der Waals surface area contributed by atoms with E-state index < -0.39 is 0 Å². The quantitative estimate of drug-likeness (QED) is 0.747. The molecule has 0 saturated carbocycles. The molecule has 1 heterocycles. The van der Waals surface area contributed by atoms with Crippen molar-refractivity contribution in [3.63, 3.8) is 0 Å². The molecular weight excluding hydrogens is 222 g/mol. The molecule has 16 heavy (non-hydrogen) atoms. The molecule has 0 aromatic heterocycles. The van der Waals surface area contributed by atoms with Crippen LogP contribution < -0.4 is 11.1 Å². The van der Waals surface area contributed by atoms with E-state index in [4.69, 9.17) is 5.73 Å². The average Bonchev–Trinajstić information content (AvgIpc) is 2.24. The molecule has 0 radical (unpaired) electrons. The van der Waals surface area contributed by atoms with Gasteiger partial charge >= 0.3 is 0 Å². The highest BCUT2D eigenvalue weighted by molar-refractivity contribution is 8.00. The van der Waals surface area contributed by atoms with Crippen molar-refractivity contribution in [1.82, 2.24) is 10.2 Å². The van der Waals surface area contributed by atoms with E-state index in [1.165, 1.54) is 0 Å². The van der Waals surface area contributed by atoms with Gasteiger partial charge in [-0.05, 0) is 0 Å². The molecule has 5 heteroatoms. The van der Waals surface area contributed by atoms with Crippen LogP contribution in [0.25, 0.3) is 0 Å². The largest absolute Gasteiger partial charge is 0.359 e. The summed E-state index contributed by atoms with van der Waals surface area (Å²) in [5.74, 6) is 0.0778. The fourth-order valence-electron chi connectivity index (χ4n) is 2.19. The molecule has 0 aromatic carbocycles. The van der Waals surface area contributed by atoms with Crippen LogP contribution in [0.15, 0.2) is 0 Å². The molecule has 0 aliphatic carbocycles. The van der Waals surface area contributed by atoms with Crippen LogP contribution in [0, 0.1) is 0 Å². The van der Waals surface area contributed by atoms with E-state index >= 15 is 0 Å². The summed E-state index contributed by atoms with van der Waals surface area (Å²) in [6.45, 7) is 7.10. The second-order valence-corrected chi connectivity index (χ2v) is 6.36. The van der Waals surface area contributed by atoms with Crippen molar-refractivity contribution in [2.24, 2.45) is 5.73 Å². The van der Waals surface area contributed by atoms with Gasteiger partial charge in [-0.3, -0.25) is 9.69 Å². The van der Waals surface area contributed by atoms with Gasteiger partial charge in [0.1, 0.15) is 0 Å². The van der Waals surface area contributed by atoms with E-state index in [-0.39, 0.29) is 11.9 Å². The normalized spacial score (nSPS) is 28.8. The zero-order valence-electron chi connectivity index (χ0n) is 10.4. The van der Waals surface area contributed by atoms with Gasteiger partial charge in [0.2, 0.25) is 5.91 Å². The van der Waals surface area contributed by atoms with Gasteiger partial charge in [0.25, 0.3) is 0 Å². The molecule has 1 rings (SSSR count). The third-order valence-corrected chi connectivity index (χ3v) is 4.16. The lowest BCUT2D eigenvalue weighted by molar-refractivity contribution is -0.121. The van der Waals surface area contributed by atoms with E-state index in [1.54, 1.807) is 7.05 Å². The summed E-state index contributed by atoms with van der Waals surface area (Å²) in [5, 5.41) is 3.92. The van der Waals surface area contributed by atoms with E-state index in [2.05, 4.69) is 24.1 Å². The van der Waals surface area contributed by atoms with Crippen LogP contribution in [0.4, 0.5) is 0 Å². The van der Waals surface area contributed by atoms with Gasteiger partial charge in [-0.15, -0.1) is 0 Å². The van der Waals surface area contributed by atoms with Gasteiger partial charge < -0.3 is 11.1 Å². The lowest BCUT2D eigenvalue weighted by Gasteiger charge is -2.39. The van der Waals surface area contributed by atoms with E-state index in [0.29, 0.717) is 23.5 Å². The van der Waals surface area contributed by atoms with Crippen molar-refractivity contribution in [2.45, 2.75) is 36.8 Å². The molecule has 1 aliphatic rings. The highest BCUT2D eigenvalue weighted by Crippen LogP contribution is 2.26. The standard InChI is InChI=1S/C11H23N3OS/c1-8-6-14(7-9(2)16-8)10(5-12)4-11(15)13-3/h8-10H,4-7,12H2,1-3H3,(H,13,15). The van der Waals surface area contributed by atoms with Crippen molar-refractivity contribution < 1.29 is 4.79 Å². The topological polar surface area (TPSA) is 58.4 Å². The Morgan fingerprint density at radius 1 is 1.50 bits per heavy atom. The van der Waals surface area contributed by atoms with Gasteiger partial charge in [0, 0.05) is 49.6 Å². The smallest absolute Gasteiger partial charge is 0.221 e. The van der Waals surface area contributed by atoms with E-state index in [0.717, 1.165) is 13.1 Å². The maximum atomic E-state index is 11.4. The van der Waals surface area contributed by atoms with Gasteiger partial charge in [0.15, 0.2) is 0 Å². The molecule has 1 aliphatic heterocycles. The Hall–Kier alpha value is -0.260. The van der Waals surface area contributed by atoms with Crippen LogP contribution in [-0.2, 0) is 4.79 Å². The summed E-state index contributed by atoms with van der Waals surface area (Å²) < 4.78 is 0. The molecule has 1 fully saturated rings. The summed E-state index contributed by atoms with van der Waals surface area (Å²) in [7, 11) is 1.67. The first-order chi connectivity index (χ1) is 7.56. The number of nitrogens with two attached hydrogens (primary N) is 1. The predicted octanol–water partition coefficient (Wildman–Crippen LogP) is 0.276. The number of carbonyl (C=O) groups is 1. The van der Waals surface area contributed by atoms with Crippen LogP contribution in [0.5, 0.6) is 0 Å². The Kier molecular flexibility index (Phi) is 5.58. The lowest BCUT2D eigenvalue weighted by Crippen LogP contribution is -2.50. The van der Waals surface area contributed by atoms with E-state index in [1.807, 2.05) is 11.8 Å². The van der Waals surface area contributed by atoms with Crippen molar-refractivity contribution in [2.75, 3.05) is 26.7 Å². The summed E-state index contributed by atoms with van der Waals surface area (Å²) in [6.07, 6.45) is 0.511. The molecule has 3 atom stereocenters. The summed E-state index contributed by atoms with van der Waals surface area (Å²) >= 11 is 2.01. The fourth-order valence-corrected chi connectivity index (χ4v) is 3.54. The Balaban J connectivity index is 2.54. The zero-order chi connectivity index (χ0) is 12.1. The number of hydrogen-bond acceptors (Lipinski definition) is 4. The first kappa shape index (κ1) is 13.8. The Morgan fingerprint density at radius 3 is 2.50 bits per heavy atom. The maximum absolute atomic E-state index is 11.4. The van der Waals surface area contributed by atoms with Crippen LogP contribution in [0.2, 0.25) is 0 Å². The minimum atomic E-state index is 0.0778. The minimum Gasteiger partial charge on any atom is -0.359 e. The molecule has 0 spiro atoms. The van der Waals surface area contributed by atoms with Gasteiger partial charge in [0.05, 0.1) is 0 Å². The minimum absolute atomic E-state index is 0.0778. The monoisotopic (exact) mass is 245 g/mol. The summed E-state index contributed by atoms with van der Waals surface area (Å²) in [6, 6.07) is 0.186. The number of carbonyl (C=O) groups excluding carboxylic acids is 1. The maximum Gasteiger partial charge on any atom is 0.221 e. The highest BCUT2D eigenvalue weighted by Gasteiger charge is 2.28. The second-order valence-electron chi connectivity index (χ2n) is 4.48. The lowest BCUT2D eigenvalue weighted by atomic mass is 10.1. The van der Waals surface area contributed by atoms with Crippen molar-refractivity contribution in [3.8, 4) is 0 Å². The van der Waals surface area contributed by atoms with Crippen LogP contribution in [-0.4, -0.2) is 54.0 Å². The second kappa shape index (κ2) is 6.47. The average molecular weight is 245 g/mol. The molecule has 3 unspecified atom stereocenters. The Morgan fingerprint density at radius 2 is 2.06 bits per heavy atom. The van der Waals surface area contributed by atoms with Gasteiger partial charge in [-0.1, -0.05) is 13.8 Å². The number of rotatable bonds is 4. The van der Waals surface area contributed by atoms with Crippen molar-refractivity contribution in [3.05, 3.63) is 0 Å². The van der Waals surface area contributed by atoms with Crippen molar-refractivity contribution >= 4 is 17.7 Å². The van der Waals surface area contributed by atoms with Gasteiger partial charge in [-0.25, -0.2) is 0 Å². The zero-order valence-corrected chi connectivity index (χ0v) is 11.2. The molecular formula is C11H23N3OS. The highest BCUT2D eigenvalue weighted by atomic mass is 32.2. The number of nitrogens with one attached hydrogen (secondary N) is 1. The third-order valence-electron chi connectivity index (χ3n) is 2.94. The van der Waals surface area contributed by atoms with Crippen LogP contribution in [0.1, 0.15) is 20.3 Å². The van der Waals surface area contributed by atoms with E-state index in [9.17, 15) is 4.79 Å². The molecule has 1 amide bonds. The molecule has 94 valence electrons. The molecule has 4 nitrogen and oxygen atoms in total. The predicted molar refractivity (Wildman–Crippen MR) is 69.6 cm³/mol. The molecule has 0 aromatic rings. The van der Waals surface area contributed by atoms with Gasteiger partial charge in [-0.2, -0.15) is 11.8 Å². The van der Waals surface area contributed by atoms with Crippen molar-refractivity contribution in [1.29, 1.82) is 0 Å². The summed E-state index contributed by atoms with van der Waals surface area (Å²) in [4.78, 5) is 13.8. The third kappa shape index (κ3) is 3.96.